The van der Waals surface area contributed by atoms with Gasteiger partial charge in [0.05, 0.1) is 14.2 Å². The largest absolute Gasteiger partial charge is 0.467 e. The minimum atomic E-state index is -0.602. The maximum atomic E-state index is 9.71. The zero-order chi connectivity index (χ0) is 12.7. The molecule has 0 aromatic carbocycles. The quantitative estimate of drug-likeness (QED) is 0.481. The van der Waals surface area contributed by atoms with Crippen LogP contribution in [0, 0.1) is 0 Å². The normalized spacial score (nSPS) is 7.33. The molecule has 92 valence electrons. The Bertz CT molecular complexity index is 118. The van der Waals surface area contributed by atoms with Gasteiger partial charge in [-0.25, -0.2) is 9.59 Å². The van der Waals surface area contributed by atoms with Crippen molar-refractivity contribution >= 4 is 11.9 Å². The van der Waals surface area contributed by atoms with Crippen LogP contribution in [0.25, 0.3) is 0 Å². The van der Waals surface area contributed by atoms with Gasteiger partial charge in [0, 0.05) is 6.61 Å². The first-order valence-electron chi connectivity index (χ1n) is 4.00. The Morgan fingerprint density at radius 3 is 1.13 bits per heavy atom. The summed E-state index contributed by atoms with van der Waals surface area (Å²) in [6, 6.07) is 0. The molecule has 0 aromatic heterocycles. The summed E-state index contributed by atoms with van der Waals surface area (Å²) in [7, 11) is 2.44. The maximum Gasteiger partial charge on any atom is 0.331 e. The van der Waals surface area contributed by atoms with E-state index in [1.165, 1.54) is 14.2 Å². The van der Waals surface area contributed by atoms with Gasteiger partial charge in [-0.15, -0.1) is 0 Å². The van der Waals surface area contributed by atoms with Crippen LogP contribution in [0.2, 0.25) is 0 Å². The van der Waals surface area contributed by atoms with Gasteiger partial charge in [-0.1, -0.05) is 0 Å². The van der Waals surface area contributed by atoms with E-state index in [-0.39, 0.29) is 6.61 Å². The van der Waals surface area contributed by atoms with E-state index < -0.39 is 25.2 Å². The number of methoxy groups -OCH3 is 2. The summed E-state index contributed by atoms with van der Waals surface area (Å²) in [6.07, 6.45) is 0. The van der Waals surface area contributed by atoms with Crippen molar-refractivity contribution in [2.45, 2.75) is 6.92 Å². The highest BCUT2D eigenvalue weighted by Gasteiger charge is 1.89. The van der Waals surface area contributed by atoms with Crippen LogP contribution in [0.15, 0.2) is 0 Å². The Hall–Kier alpha value is -1.18. The third-order valence-corrected chi connectivity index (χ3v) is 0.714. The second-order valence-corrected chi connectivity index (χ2v) is 1.78. The molecule has 0 aromatic rings. The fourth-order valence-electron chi connectivity index (χ4n) is 0.129. The van der Waals surface area contributed by atoms with E-state index in [1.807, 2.05) is 0 Å². The molecule has 0 radical (unpaired) electrons. The lowest BCUT2D eigenvalue weighted by atomic mass is 10.8. The van der Waals surface area contributed by atoms with Crippen LogP contribution >= 0.6 is 0 Å². The van der Waals surface area contributed by atoms with E-state index >= 15 is 0 Å². The molecule has 0 aliphatic rings. The second kappa shape index (κ2) is 18.6. The van der Waals surface area contributed by atoms with E-state index in [2.05, 4.69) is 9.47 Å². The first-order chi connectivity index (χ1) is 7.03. The van der Waals surface area contributed by atoms with Gasteiger partial charge < -0.3 is 24.8 Å². The molecule has 0 saturated carbocycles. The molecule has 15 heavy (non-hydrogen) atoms. The average Bonchev–Trinajstić information content (AvgIpc) is 2.28. The van der Waals surface area contributed by atoms with Crippen molar-refractivity contribution in [3.63, 3.8) is 0 Å². The molecule has 0 aliphatic carbocycles. The van der Waals surface area contributed by atoms with E-state index in [9.17, 15) is 9.59 Å². The Morgan fingerprint density at radius 2 is 1.13 bits per heavy atom. The van der Waals surface area contributed by atoms with Gasteiger partial charge in [0.2, 0.25) is 0 Å². The predicted octanol–water partition coefficient (Wildman–Crippen LogP) is -1.70. The number of hydrogen-bond donors (Lipinski definition) is 3. The van der Waals surface area contributed by atoms with Crippen molar-refractivity contribution in [1.82, 2.24) is 0 Å². The minimum absolute atomic E-state index is 0.250. The number of aliphatic hydroxyl groups is 3. The second-order valence-electron chi connectivity index (χ2n) is 1.78. The Kier molecular flexibility index (Phi) is 24.0. The van der Waals surface area contributed by atoms with Crippen LogP contribution in [-0.4, -0.2) is 61.3 Å². The Balaban J connectivity index is -0.000000153. The standard InChI is InChI=1S/2C3H6O3.C2H6O/c2*1-6-3(5)2-4;1-2-3/h2*4H,2H2,1H3;3H,2H2,1H3. The molecule has 0 amide bonds. The number of rotatable bonds is 2. The molecular weight excluding hydrogens is 208 g/mol. The molecule has 0 saturated heterocycles. The van der Waals surface area contributed by atoms with Crippen molar-refractivity contribution < 1.29 is 34.4 Å². The lowest BCUT2D eigenvalue weighted by molar-refractivity contribution is -0.144. The zero-order valence-electron chi connectivity index (χ0n) is 9.10. The molecule has 0 spiro atoms. The minimum Gasteiger partial charge on any atom is -0.467 e. The van der Waals surface area contributed by atoms with Gasteiger partial charge in [-0.3, -0.25) is 0 Å². The van der Waals surface area contributed by atoms with Gasteiger partial charge in [0.1, 0.15) is 13.2 Å². The number of carbonyl (C=O) groups is 2. The highest BCUT2D eigenvalue weighted by molar-refractivity contribution is 5.70. The summed E-state index contributed by atoms with van der Waals surface area (Å²) in [4.78, 5) is 19.4. The van der Waals surface area contributed by atoms with E-state index in [0.717, 1.165) is 0 Å². The van der Waals surface area contributed by atoms with Gasteiger partial charge >= 0.3 is 11.9 Å². The summed E-state index contributed by atoms with van der Waals surface area (Å²) >= 11 is 0. The summed E-state index contributed by atoms with van der Waals surface area (Å²) in [5.41, 5.74) is 0. The zero-order valence-corrected chi connectivity index (χ0v) is 9.10. The van der Waals surface area contributed by atoms with Crippen LogP contribution in [0.4, 0.5) is 0 Å². The summed E-state index contributed by atoms with van der Waals surface area (Å²) in [5, 5.41) is 23.3. The molecule has 0 fully saturated rings. The first-order valence-corrected chi connectivity index (χ1v) is 4.00. The third kappa shape index (κ3) is 32.3. The predicted molar refractivity (Wildman–Crippen MR) is 51.0 cm³/mol. The molecule has 0 atom stereocenters. The summed E-state index contributed by atoms with van der Waals surface area (Å²) < 4.78 is 8.02. The fourth-order valence-corrected chi connectivity index (χ4v) is 0.129. The van der Waals surface area contributed by atoms with Crippen LogP contribution in [0.3, 0.4) is 0 Å². The maximum absolute atomic E-state index is 9.71. The highest BCUT2D eigenvalue weighted by Crippen LogP contribution is 1.64. The van der Waals surface area contributed by atoms with Gasteiger partial charge in [0.25, 0.3) is 0 Å². The van der Waals surface area contributed by atoms with Crippen LogP contribution in [-0.2, 0) is 19.1 Å². The summed E-state index contributed by atoms with van der Waals surface area (Å²) in [6.45, 7) is 0.868. The van der Waals surface area contributed by atoms with Crippen molar-refractivity contribution in [2.24, 2.45) is 0 Å². The SMILES string of the molecule is CCO.COC(=O)CO.COC(=O)CO. The first kappa shape index (κ1) is 19.4. The van der Waals surface area contributed by atoms with E-state index in [4.69, 9.17) is 15.3 Å². The monoisotopic (exact) mass is 226 g/mol. The van der Waals surface area contributed by atoms with E-state index in [1.54, 1.807) is 6.92 Å². The number of hydrogen-bond acceptors (Lipinski definition) is 7. The molecule has 0 unspecified atom stereocenters. The molecule has 0 rings (SSSR count). The molecule has 7 heteroatoms. The van der Waals surface area contributed by atoms with Crippen molar-refractivity contribution in [1.29, 1.82) is 0 Å². The molecule has 0 aliphatic heterocycles. The van der Waals surface area contributed by atoms with Gasteiger partial charge in [-0.2, -0.15) is 0 Å². The fraction of sp³-hybridized carbons (Fsp3) is 0.750. The number of ether oxygens (including phenoxy) is 2. The van der Waals surface area contributed by atoms with Crippen molar-refractivity contribution in [3.8, 4) is 0 Å². The lowest BCUT2D eigenvalue weighted by Gasteiger charge is -1.86. The Morgan fingerprint density at radius 1 is 0.933 bits per heavy atom. The summed E-state index contributed by atoms with van der Waals surface area (Å²) in [5.74, 6) is -1.20. The third-order valence-electron chi connectivity index (χ3n) is 0.714. The molecule has 3 N–H and O–H groups in total. The van der Waals surface area contributed by atoms with Crippen LogP contribution in [0.5, 0.6) is 0 Å². The number of aliphatic hydroxyl groups excluding tert-OH is 3. The van der Waals surface area contributed by atoms with Crippen molar-refractivity contribution in [3.05, 3.63) is 0 Å². The smallest absolute Gasteiger partial charge is 0.331 e. The average molecular weight is 226 g/mol. The highest BCUT2D eigenvalue weighted by atomic mass is 16.5. The van der Waals surface area contributed by atoms with Crippen LogP contribution in [0.1, 0.15) is 6.92 Å². The molecule has 0 bridgehead atoms. The van der Waals surface area contributed by atoms with E-state index in [0.29, 0.717) is 0 Å². The van der Waals surface area contributed by atoms with Crippen LogP contribution < -0.4 is 0 Å². The van der Waals surface area contributed by atoms with Gasteiger partial charge in [0.15, 0.2) is 0 Å². The molecule has 0 heterocycles. The molecule has 7 nitrogen and oxygen atoms in total. The topological polar surface area (TPSA) is 113 Å². The number of esters is 2. The molecular formula is C8H18O7. The lowest BCUT2D eigenvalue weighted by Crippen LogP contribution is -2.04. The van der Waals surface area contributed by atoms with Crippen molar-refractivity contribution in [2.75, 3.05) is 34.0 Å². The Labute approximate surface area is 88.2 Å². The number of carbonyl (C=O) groups excluding carboxylic acids is 2. The van der Waals surface area contributed by atoms with Gasteiger partial charge in [-0.05, 0) is 6.92 Å².